The van der Waals surface area contributed by atoms with Crippen molar-refractivity contribution in [1.82, 2.24) is 13.5 Å². The number of rotatable bonds is 10. The van der Waals surface area contributed by atoms with E-state index < -0.39 is 19.1 Å². The molecule has 0 aliphatic heterocycles. The minimum Gasteiger partial charge on any atom is -0.493 e. The van der Waals surface area contributed by atoms with Gasteiger partial charge in [0.1, 0.15) is 0 Å². The van der Waals surface area contributed by atoms with Gasteiger partial charge in [-0.2, -0.15) is 0 Å². The zero-order valence-corrected chi connectivity index (χ0v) is 28.0. The molecule has 2 aromatic carbocycles. The molecule has 0 amide bonds. The molecule has 10 heteroatoms. The Morgan fingerprint density at radius 3 is 2.28 bits per heavy atom. The van der Waals surface area contributed by atoms with Crippen LogP contribution in [-0.2, 0) is 21.0 Å². The number of hydrogen-bond donors (Lipinski definition) is 0. The van der Waals surface area contributed by atoms with Gasteiger partial charge in [-0.3, -0.25) is 0 Å². The third-order valence-corrected chi connectivity index (χ3v) is 10.2. The molecular formula is C33H40N3O5SSi. The second-order valence-corrected chi connectivity index (χ2v) is 16.0. The van der Waals surface area contributed by atoms with Crippen LogP contribution in [0, 0.1) is 12.3 Å². The minimum absolute atomic E-state index is 0.0329. The summed E-state index contributed by atoms with van der Waals surface area (Å²) < 4.78 is 49.9. The van der Waals surface area contributed by atoms with Crippen LogP contribution >= 0.6 is 0 Å². The zero-order valence-electron chi connectivity index (χ0n) is 26.1. The van der Waals surface area contributed by atoms with Gasteiger partial charge in [-0.05, 0) is 68.3 Å². The number of methoxy groups -OCH3 is 2. The van der Waals surface area contributed by atoms with Crippen molar-refractivity contribution in [2.24, 2.45) is 5.41 Å². The average Bonchev–Trinajstić information content (AvgIpc) is 3.52. The van der Waals surface area contributed by atoms with Crippen molar-refractivity contribution >= 4 is 41.0 Å². The molecule has 3 heterocycles. The van der Waals surface area contributed by atoms with Crippen molar-refractivity contribution in [2.45, 2.75) is 64.8 Å². The Morgan fingerprint density at radius 1 is 0.977 bits per heavy atom. The molecule has 0 saturated heterocycles. The summed E-state index contributed by atoms with van der Waals surface area (Å²) in [6.45, 7) is 13.5. The van der Waals surface area contributed by atoms with Gasteiger partial charge in [0.25, 0.3) is 10.0 Å². The molecule has 0 spiro atoms. The van der Waals surface area contributed by atoms with Crippen LogP contribution in [-0.4, -0.2) is 51.3 Å². The standard InChI is InChI=1S/C33H40N3O5SSi/c1-22-11-13-24(14-12-22)42(37,38)36-28(18-23-10-9-16-34-32(23)36)26-21-35(17-15-31(33(2,3)4)41-43(7)8)27-20-30(40-6)29(39-5)19-25(26)27/h9-14,16,18-21,31H,15,17H2,1-8H3. The maximum Gasteiger partial charge on any atom is 0.269 e. The van der Waals surface area contributed by atoms with E-state index in [0.29, 0.717) is 29.4 Å². The van der Waals surface area contributed by atoms with Crippen molar-refractivity contribution in [3.05, 3.63) is 72.6 Å². The fourth-order valence-electron chi connectivity index (χ4n) is 5.47. The number of fused-ring (bicyclic) bond motifs is 2. The average molecular weight is 619 g/mol. The summed E-state index contributed by atoms with van der Waals surface area (Å²) in [5.74, 6) is 1.17. The van der Waals surface area contributed by atoms with Gasteiger partial charge in [0.2, 0.25) is 9.04 Å². The van der Waals surface area contributed by atoms with Gasteiger partial charge in [0.15, 0.2) is 17.1 Å². The molecule has 0 saturated carbocycles. The molecule has 3 aromatic heterocycles. The highest BCUT2D eigenvalue weighted by atomic mass is 32.2. The third kappa shape index (κ3) is 5.96. The number of nitrogens with zero attached hydrogens (tertiary/aromatic N) is 3. The van der Waals surface area contributed by atoms with E-state index in [9.17, 15) is 8.42 Å². The predicted octanol–water partition coefficient (Wildman–Crippen LogP) is 7.29. The number of aromatic nitrogens is 3. The molecular weight excluding hydrogens is 579 g/mol. The second kappa shape index (κ2) is 11.8. The van der Waals surface area contributed by atoms with E-state index in [0.717, 1.165) is 33.8 Å². The lowest BCUT2D eigenvalue weighted by Crippen LogP contribution is -2.34. The molecule has 227 valence electrons. The van der Waals surface area contributed by atoms with Gasteiger partial charge in [-0.1, -0.05) is 38.5 Å². The van der Waals surface area contributed by atoms with E-state index in [2.05, 4.69) is 43.4 Å². The van der Waals surface area contributed by atoms with Crippen LogP contribution in [0.1, 0.15) is 32.8 Å². The van der Waals surface area contributed by atoms with Gasteiger partial charge in [-0.25, -0.2) is 17.4 Å². The highest BCUT2D eigenvalue weighted by molar-refractivity contribution is 7.90. The molecule has 0 aliphatic carbocycles. The van der Waals surface area contributed by atoms with Gasteiger partial charge in [0, 0.05) is 41.3 Å². The Morgan fingerprint density at radius 2 is 1.65 bits per heavy atom. The summed E-state index contributed by atoms with van der Waals surface area (Å²) >= 11 is 0. The number of aryl methyl sites for hydroxylation is 2. The van der Waals surface area contributed by atoms with Gasteiger partial charge < -0.3 is 18.5 Å². The highest BCUT2D eigenvalue weighted by Crippen LogP contribution is 2.41. The molecule has 0 bridgehead atoms. The highest BCUT2D eigenvalue weighted by Gasteiger charge is 2.29. The smallest absolute Gasteiger partial charge is 0.269 e. The first-order valence-corrected chi connectivity index (χ1v) is 18.2. The molecule has 0 aliphatic rings. The van der Waals surface area contributed by atoms with Crippen molar-refractivity contribution in [3.63, 3.8) is 0 Å². The summed E-state index contributed by atoms with van der Waals surface area (Å²) in [7, 11) is -1.68. The van der Waals surface area contributed by atoms with Crippen molar-refractivity contribution in [1.29, 1.82) is 0 Å². The largest absolute Gasteiger partial charge is 0.493 e. The Bertz CT molecular complexity index is 1870. The molecule has 43 heavy (non-hydrogen) atoms. The zero-order chi connectivity index (χ0) is 31.1. The van der Waals surface area contributed by atoms with Crippen molar-refractivity contribution < 1.29 is 22.3 Å². The van der Waals surface area contributed by atoms with E-state index in [1.807, 2.05) is 55.6 Å². The van der Waals surface area contributed by atoms with Crippen LogP contribution < -0.4 is 9.47 Å². The quantitative estimate of drug-likeness (QED) is 0.153. The molecule has 1 radical (unpaired) electrons. The molecule has 0 fully saturated rings. The topological polar surface area (TPSA) is 84.6 Å². The van der Waals surface area contributed by atoms with Crippen LogP contribution in [0.2, 0.25) is 13.1 Å². The Balaban J connectivity index is 1.75. The predicted molar refractivity (Wildman–Crippen MR) is 174 cm³/mol. The van der Waals surface area contributed by atoms with E-state index in [1.165, 1.54) is 3.97 Å². The maximum absolute atomic E-state index is 14.3. The number of hydrogen-bond acceptors (Lipinski definition) is 6. The summed E-state index contributed by atoms with van der Waals surface area (Å²) in [4.78, 5) is 4.72. The summed E-state index contributed by atoms with van der Waals surface area (Å²) in [6, 6.07) is 16.4. The number of pyridine rings is 1. The van der Waals surface area contributed by atoms with E-state index in [1.54, 1.807) is 32.5 Å². The normalized spacial score (nSPS) is 13.2. The third-order valence-electron chi connectivity index (χ3n) is 7.72. The number of ether oxygens (including phenoxy) is 2. The SMILES string of the molecule is COc1cc2c(-c3cc4cccnc4n3S(=O)(=O)c3ccc(C)cc3)cn(CCC(O[Si](C)C)C(C)(C)C)c2cc1OC. The lowest BCUT2D eigenvalue weighted by molar-refractivity contribution is 0.0747. The molecule has 1 unspecified atom stereocenters. The van der Waals surface area contributed by atoms with Crippen LogP contribution in [0.25, 0.3) is 33.2 Å². The van der Waals surface area contributed by atoms with Crippen LogP contribution in [0.15, 0.2) is 71.9 Å². The molecule has 0 N–H and O–H groups in total. The number of benzene rings is 2. The fraction of sp³-hybridized carbons (Fsp3) is 0.364. The van der Waals surface area contributed by atoms with E-state index in [-0.39, 0.29) is 16.4 Å². The summed E-state index contributed by atoms with van der Waals surface area (Å²) in [5, 5.41) is 1.58. The Labute approximate surface area is 256 Å². The lowest BCUT2D eigenvalue weighted by Gasteiger charge is -2.32. The van der Waals surface area contributed by atoms with Crippen LogP contribution in [0.3, 0.4) is 0 Å². The maximum atomic E-state index is 14.3. The molecule has 5 rings (SSSR count). The molecule has 1 atom stereocenters. The van der Waals surface area contributed by atoms with Crippen LogP contribution in [0.5, 0.6) is 11.5 Å². The lowest BCUT2D eigenvalue weighted by atomic mass is 9.87. The van der Waals surface area contributed by atoms with Crippen molar-refractivity contribution in [3.8, 4) is 22.8 Å². The fourth-order valence-corrected chi connectivity index (χ4v) is 7.99. The second-order valence-electron chi connectivity index (χ2n) is 12.2. The van der Waals surface area contributed by atoms with Crippen LogP contribution in [0.4, 0.5) is 0 Å². The first-order valence-electron chi connectivity index (χ1n) is 14.4. The van der Waals surface area contributed by atoms with Gasteiger partial charge in [0.05, 0.1) is 36.4 Å². The van der Waals surface area contributed by atoms with Crippen molar-refractivity contribution in [2.75, 3.05) is 14.2 Å². The first-order chi connectivity index (χ1) is 20.3. The summed E-state index contributed by atoms with van der Waals surface area (Å²) in [5.41, 5.74) is 3.53. The van der Waals surface area contributed by atoms with E-state index >= 15 is 0 Å². The van der Waals surface area contributed by atoms with Gasteiger partial charge >= 0.3 is 0 Å². The Kier molecular flexibility index (Phi) is 8.48. The monoisotopic (exact) mass is 618 g/mol. The molecule has 5 aromatic rings. The van der Waals surface area contributed by atoms with E-state index in [4.69, 9.17) is 13.9 Å². The minimum atomic E-state index is -3.99. The molecule has 8 nitrogen and oxygen atoms in total. The summed E-state index contributed by atoms with van der Waals surface area (Å²) in [6.07, 6.45) is 4.51. The Hall–Kier alpha value is -3.60. The van der Waals surface area contributed by atoms with Gasteiger partial charge in [-0.15, -0.1) is 0 Å². The first kappa shape index (κ1) is 30.8.